The highest BCUT2D eigenvalue weighted by atomic mass is 19.1. The molecule has 0 aliphatic heterocycles. The predicted octanol–water partition coefficient (Wildman–Crippen LogP) is 2.96. The Hall–Kier alpha value is -2.69. The van der Waals surface area contributed by atoms with E-state index in [-0.39, 0.29) is 5.82 Å². The minimum Gasteiger partial charge on any atom is -0.381 e. The van der Waals surface area contributed by atoms with E-state index in [4.69, 9.17) is 5.73 Å². The van der Waals surface area contributed by atoms with Crippen molar-refractivity contribution in [3.63, 3.8) is 0 Å². The van der Waals surface area contributed by atoms with Gasteiger partial charge in [0.05, 0.1) is 11.0 Å². The van der Waals surface area contributed by atoms with Crippen LogP contribution in [0.2, 0.25) is 0 Å². The molecule has 0 spiro atoms. The zero-order chi connectivity index (χ0) is 13.9. The Balaban J connectivity index is 1.85. The third kappa shape index (κ3) is 2.51. The molecule has 0 aliphatic rings. The first kappa shape index (κ1) is 12.3. The van der Waals surface area contributed by atoms with Crippen molar-refractivity contribution in [1.29, 1.82) is 0 Å². The molecule has 3 rings (SSSR count). The number of halogens is 1. The molecule has 0 saturated carbocycles. The van der Waals surface area contributed by atoms with E-state index in [0.717, 1.165) is 16.6 Å². The number of hydrogen-bond donors (Lipinski definition) is 2. The smallest absolute Gasteiger partial charge is 0.169 e. The minimum atomic E-state index is -0.262. The highest BCUT2D eigenvalue weighted by Crippen LogP contribution is 2.19. The number of fused-ring (bicyclic) bond motifs is 1. The average Bonchev–Trinajstić information content (AvgIpc) is 2.45. The molecule has 100 valence electrons. The second-order valence-corrected chi connectivity index (χ2v) is 4.43. The molecular formula is C15H13FN4. The van der Waals surface area contributed by atoms with Gasteiger partial charge in [0.2, 0.25) is 0 Å². The van der Waals surface area contributed by atoms with Gasteiger partial charge < -0.3 is 11.1 Å². The van der Waals surface area contributed by atoms with Crippen LogP contribution in [0.15, 0.2) is 48.5 Å². The molecule has 0 radical (unpaired) electrons. The topological polar surface area (TPSA) is 63.8 Å². The molecule has 2 aromatic carbocycles. The third-order valence-electron chi connectivity index (χ3n) is 2.95. The first-order valence-corrected chi connectivity index (χ1v) is 6.23. The van der Waals surface area contributed by atoms with Crippen LogP contribution in [0.5, 0.6) is 0 Å². The molecule has 3 N–H and O–H groups in total. The Kier molecular flexibility index (Phi) is 3.16. The van der Waals surface area contributed by atoms with Gasteiger partial charge in [0, 0.05) is 6.54 Å². The zero-order valence-corrected chi connectivity index (χ0v) is 10.7. The van der Waals surface area contributed by atoms with Gasteiger partial charge in [-0.2, -0.15) is 0 Å². The molecule has 4 nitrogen and oxygen atoms in total. The number of aromatic nitrogens is 2. The van der Waals surface area contributed by atoms with Crippen molar-refractivity contribution in [2.75, 3.05) is 11.1 Å². The quantitative estimate of drug-likeness (QED) is 0.766. The van der Waals surface area contributed by atoms with Crippen molar-refractivity contribution in [3.05, 3.63) is 59.9 Å². The number of hydrogen-bond acceptors (Lipinski definition) is 4. The van der Waals surface area contributed by atoms with E-state index in [0.29, 0.717) is 18.2 Å². The molecule has 1 aromatic heterocycles. The van der Waals surface area contributed by atoms with Gasteiger partial charge in [-0.15, -0.1) is 0 Å². The fourth-order valence-corrected chi connectivity index (χ4v) is 1.98. The van der Waals surface area contributed by atoms with Crippen LogP contribution in [0.25, 0.3) is 11.0 Å². The Morgan fingerprint density at radius 3 is 2.50 bits per heavy atom. The van der Waals surface area contributed by atoms with Gasteiger partial charge >= 0.3 is 0 Å². The monoisotopic (exact) mass is 268 g/mol. The van der Waals surface area contributed by atoms with Crippen molar-refractivity contribution in [1.82, 2.24) is 9.97 Å². The molecule has 20 heavy (non-hydrogen) atoms. The minimum absolute atomic E-state index is 0.262. The molecule has 1 heterocycles. The van der Waals surface area contributed by atoms with Crippen molar-refractivity contribution in [2.45, 2.75) is 6.54 Å². The SMILES string of the molecule is Nc1nc2ccccc2nc1NCc1cccc(F)c1. The lowest BCUT2D eigenvalue weighted by Gasteiger charge is -2.09. The number of nitrogens with two attached hydrogens (primary N) is 1. The molecule has 3 aromatic rings. The van der Waals surface area contributed by atoms with Gasteiger partial charge in [0.15, 0.2) is 11.6 Å². The summed E-state index contributed by atoms with van der Waals surface area (Å²) < 4.78 is 13.1. The summed E-state index contributed by atoms with van der Waals surface area (Å²) >= 11 is 0. The van der Waals surface area contributed by atoms with Gasteiger partial charge in [-0.25, -0.2) is 14.4 Å². The summed E-state index contributed by atoms with van der Waals surface area (Å²) in [6.07, 6.45) is 0. The molecule has 0 atom stereocenters. The van der Waals surface area contributed by atoms with Gasteiger partial charge in [-0.1, -0.05) is 24.3 Å². The molecular weight excluding hydrogens is 255 g/mol. The van der Waals surface area contributed by atoms with Crippen LogP contribution < -0.4 is 11.1 Å². The summed E-state index contributed by atoms with van der Waals surface area (Å²) in [6.45, 7) is 0.439. The normalized spacial score (nSPS) is 10.7. The van der Waals surface area contributed by atoms with Crippen molar-refractivity contribution in [3.8, 4) is 0 Å². The number of benzene rings is 2. The maximum atomic E-state index is 13.1. The molecule has 0 bridgehead atoms. The zero-order valence-electron chi connectivity index (χ0n) is 10.7. The van der Waals surface area contributed by atoms with Crippen molar-refractivity contribution < 1.29 is 4.39 Å². The average molecular weight is 268 g/mol. The Morgan fingerprint density at radius 2 is 1.75 bits per heavy atom. The Morgan fingerprint density at radius 1 is 1.00 bits per heavy atom. The largest absolute Gasteiger partial charge is 0.381 e. The lowest BCUT2D eigenvalue weighted by molar-refractivity contribution is 0.626. The van der Waals surface area contributed by atoms with Gasteiger partial charge in [0.25, 0.3) is 0 Å². The molecule has 0 unspecified atom stereocenters. The first-order chi connectivity index (χ1) is 9.72. The summed E-state index contributed by atoms with van der Waals surface area (Å²) in [4.78, 5) is 8.70. The van der Waals surface area contributed by atoms with Gasteiger partial charge in [-0.05, 0) is 29.8 Å². The maximum absolute atomic E-state index is 13.1. The molecule has 5 heteroatoms. The maximum Gasteiger partial charge on any atom is 0.169 e. The van der Waals surface area contributed by atoms with Crippen LogP contribution in [0.3, 0.4) is 0 Å². The third-order valence-corrected chi connectivity index (χ3v) is 2.95. The standard InChI is InChI=1S/C15H13FN4/c16-11-5-3-4-10(8-11)9-18-15-14(17)19-12-6-1-2-7-13(12)20-15/h1-8H,9H2,(H2,17,19)(H,18,20). The van der Waals surface area contributed by atoms with Crippen LogP contribution in [-0.4, -0.2) is 9.97 Å². The van der Waals surface area contributed by atoms with Crippen LogP contribution in [0.1, 0.15) is 5.56 Å². The fourth-order valence-electron chi connectivity index (χ4n) is 1.98. The van der Waals surface area contributed by atoms with E-state index < -0.39 is 0 Å². The number of nitrogens with one attached hydrogen (secondary N) is 1. The Bertz CT molecular complexity index is 758. The summed E-state index contributed by atoms with van der Waals surface area (Å²) in [6, 6.07) is 13.9. The highest BCUT2D eigenvalue weighted by molar-refractivity contribution is 5.79. The first-order valence-electron chi connectivity index (χ1n) is 6.23. The van der Waals surface area contributed by atoms with E-state index in [1.807, 2.05) is 30.3 Å². The van der Waals surface area contributed by atoms with E-state index in [1.54, 1.807) is 6.07 Å². The van der Waals surface area contributed by atoms with Gasteiger partial charge in [-0.3, -0.25) is 0 Å². The fraction of sp³-hybridized carbons (Fsp3) is 0.0667. The van der Waals surface area contributed by atoms with E-state index in [1.165, 1.54) is 12.1 Å². The summed E-state index contributed by atoms with van der Waals surface area (Å²) in [5.41, 5.74) is 8.21. The number of nitrogen functional groups attached to an aromatic ring is 1. The van der Waals surface area contributed by atoms with E-state index in [2.05, 4.69) is 15.3 Å². The molecule has 0 saturated heterocycles. The molecule has 0 aliphatic carbocycles. The van der Waals surface area contributed by atoms with E-state index in [9.17, 15) is 4.39 Å². The number of nitrogens with zero attached hydrogens (tertiary/aromatic N) is 2. The second-order valence-electron chi connectivity index (χ2n) is 4.43. The summed E-state index contributed by atoms with van der Waals surface area (Å²) in [5, 5.41) is 3.08. The number of para-hydroxylation sites is 2. The Labute approximate surface area is 115 Å². The van der Waals surface area contributed by atoms with Crippen LogP contribution in [0, 0.1) is 5.82 Å². The number of rotatable bonds is 3. The second kappa shape index (κ2) is 5.13. The van der Waals surface area contributed by atoms with Crippen molar-refractivity contribution in [2.24, 2.45) is 0 Å². The number of anilines is 2. The summed E-state index contributed by atoms with van der Waals surface area (Å²) in [7, 11) is 0. The van der Waals surface area contributed by atoms with Crippen molar-refractivity contribution >= 4 is 22.7 Å². The van der Waals surface area contributed by atoms with Crippen LogP contribution >= 0.6 is 0 Å². The molecule has 0 fully saturated rings. The predicted molar refractivity (Wildman–Crippen MR) is 77.7 cm³/mol. The highest BCUT2D eigenvalue weighted by Gasteiger charge is 2.05. The van der Waals surface area contributed by atoms with Gasteiger partial charge in [0.1, 0.15) is 5.82 Å². The lowest BCUT2D eigenvalue weighted by atomic mass is 10.2. The summed E-state index contributed by atoms with van der Waals surface area (Å²) in [5.74, 6) is 0.579. The van der Waals surface area contributed by atoms with E-state index >= 15 is 0 Å². The lowest BCUT2D eigenvalue weighted by Crippen LogP contribution is -2.06. The van der Waals surface area contributed by atoms with Crippen LogP contribution in [-0.2, 0) is 6.54 Å². The molecule has 0 amide bonds. The van der Waals surface area contributed by atoms with Crippen LogP contribution in [0.4, 0.5) is 16.0 Å².